The number of rotatable bonds is 5. The van der Waals surface area contributed by atoms with Crippen molar-refractivity contribution in [2.75, 3.05) is 6.61 Å². The molecular formula is C25H24O2. The SMILES string of the molecule is C=C1COC(C)(OC(c2ccccc2)(c2ccccc2)c2ccccc2)C1. The maximum Gasteiger partial charge on any atom is 0.171 e. The average molecular weight is 356 g/mol. The van der Waals surface area contributed by atoms with E-state index in [1.807, 2.05) is 25.1 Å². The van der Waals surface area contributed by atoms with E-state index in [0.29, 0.717) is 13.0 Å². The second kappa shape index (κ2) is 7.15. The monoisotopic (exact) mass is 356 g/mol. The molecule has 1 atom stereocenters. The highest BCUT2D eigenvalue weighted by molar-refractivity contribution is 5.47. The van der Waals surface area contributed by atoms with Crippen molar-refractivity contribution in [2.24, 2.45) is 0 Å². The molecule has 2 nitrogen and oxygen atoms in total. The molecule has 0 N–H and O–H groups in total. The summed E-state index contributed by atoms with van der Waals surface area (Å²) in [5.74, 6) is -0.737. The molecule has 1 aliphatic heterocycles. The van der Waals surface area contributed by atoms with Crippen molar-refractivity contribution in [3.63, 3.8) is 0 Å². The average Bonchev–Trinajstić information content (AvgIpc) is 3.07. The normalized spacial score (nSPS) is 20.0. The summed E-state index contributed by atoms with van der Waals surface area (Å²) in [6, 6.07) is 31.1. The van der Waals surface area contributed by atoms with Crippen molar-refractivity contribution >= 4 is 0 Å². The maximum atomic E-state index is 6.93. The third-order valence-electron chi connectivity index (χ3n) is 5.06. The van der Waals surface area contributed by atoms with Crippen LogP contribution < -0.4 is 0 Å². The van der Waals surface area contributed by atoms with E-state index in [9.17, 15) is 0 Å². The molecule has 0 aliphatic carbocycles. The summed E-state index contributed by atoms with van der Waals surface area (Å²) in [5, 5.41) is 0. The minimum absolute atomic E-state index is 0.533. The fourth-order valence-electron chi connectivity index (χ4n) is 3.90. The molecule has 0 spiro atoms. The molecule has 3 aromatic rings. The first-order chi connectivity index (χ1) is 13.1. The van der Waals surface area contributed by atoms with Crippen LogP contribution in [0.3, 0.4) is 0 Å². The number of benzene rings is 3. The third-order valence-corrected chi connectivity index (χ3v) is 5.06. The maximum absolute atomic E-state index is 6.93. The lowest BCUT2D eigenvalue weighted by Crippen LogP contribution is -2.42. The molecule has 0 aromatic heterocycles. The van der Waals surface area contributed by atoms with Gasteiger partial charge in [0.2, 0.25) is 0 Å². The van der Waals surface area contributed by atoms with Crippen molar-refractivity contribution < 1.29 is 9.47 Å². The van der Waals surface area contributed by atoms with Crippen LogP contribution in [0.15, 0.2) is 103 Å². The molecular weight excluding hydrogens is 332 g/mol. The Bertz CT molecular complexity index is 806. The lowest BCUT2D eigenvalue weighted by atomic mass is 9.79. The fraction of sp³-hybridized carbons (Fsp3) is 0.200. The topological polar surface area (TPSA) is 18.5 Å². The van der Waals surface area contributed by atoms with E-state index in [2.05, 4.69) is 79.4 Å². The molecule has 2 heteroatoms. The van der Waals surface area contributed by atoms with Gasteiger partial charge in [0.1, 0.15) is 5.60 Å². The second-order valence-electron chi connectivity index (χ2n) is 7.23. The van der Waals surface area contributed by atoms with E-state index in [1.165, 1.54) is 0 Å². The van der Waals surface area contributed by atoms with E-state index >= 15 is 0 Å². The van der Waals surface area contributed by atoms with Crippen molar-refractivity contribution in [1.82, 2.24) is 0 Å². The Hall–Kier alpha value is -2.68. The zero-order valence-corrected chi connectivity index (χ0v) is 15.6. The van der Waals surface area contributed by atoms with Crippen LogP contribution in [-0.4, -0.2) is 12.4 Å². The van der Waals surface area contributed by atoms with Crippen LogP contribution in [0.25, 0.3) is 0 Å². The van der Waals surface area contributed by atoms with Crippen molar-refractivity contribution in [3.05, 3.63) is 120 Å². The molecule has 1 unspecified atom stereocenters. The van der Waals surface area contributed by atoms with Gasteiger partial charge >= 0.3 is 0 Å². The molecule has 136 valence electrons. The molecule has 27 heavy (non-hydrogen) atoms. The van der Waals surface area contributed by atoms with Gasteiger partial charge in [-0.15, -0.1) is 0 Å². The minimum atomic E-state index is -0.775. The summed E-state index contributed by atoms with van der Waals surface area (Å²) in [6.45, 7) is 6.63. The first kappa shape index (κ1) is 17.7. The van der Waals surface area contributed by atoms with Crippen LogP contribution in [-0.2, 0) is 15.1 Å². The van der Waals surface area contributed by atoms with Gasteiger partial charge in [-0.05, 0) is 29.2 Å². The lowest BCUT2D eigenvalue weighted by molar-refractivity contribution is -0.241. The highest BCUT2D eigenvalue weighted by atomic mass is 16.7. The summed E-state index contributed by atoms with van der Waals surface area (Å²) < 4.78 is 13.0. The molecule has 1 heterocycles. The van der Waals surface area contributed by atoms with Gasteiger partial charge in [0.15, 0.2) is 5.79 Å². The van der Waals surface area contributed by atoms with Crippen LogP contribution in [0.2, 0.25) is 0 Å². The predicted molar refractivity (Wildman–Crippen MR) is 108 cm³/mol. The third kappa shape index (κ3) is 3.34. The largest absolute Gasteiger partial charge is 0.345 e. The first-order valence-corrected chi connectivity index (χ1v) is 9.30. The van der Waals surface area contributed by atoms with Gasteiger partial charge in [-0.25, -0.2) is 0 Å². The molecule has 1 fully saturated rings. The first-order valence-electron chi connectivity index (χ1n) is 9.30. The van der Waals surface area contributed by atoms with Crippen LogP contribution in [0.4, 0.5) is 0 Å². The van der Waals surface area contributed by atoms with Gasteiger partial charge < -0.3 is 9.47 Å². The Morgan fingerprint density at radius 1 is 0.778 bits per heavy atom. The number of hydrogen-bond donors (Lipinski definition) is 0. The summed E-state index contributed by atoms with van der Waals surface area (Å²) in [7, 11) is 0. The highest BCUT2D eigenvalue weighted by Gasteiger charge is 2.46. The van der Waals surface area contributed by atoms with Gasteiger partial charge in [0, 0.05) is 6.42 Å². The van der Waals surface area contributed by atoms with Crippen LogP contribution in [0, 0.1) is 0 Å². The molecule has 4 rings (SSSR count). The van der Waals surface area contributed by atoms with Gasteiger partial charge in [-0.3, -0.25) is 0 Å². The van der Waals surface area contributed by atoms with E-state index in [-0.39, 0.29) is 0 Å². The van der Waals surface area contributed by atoms with Gasteiger partial charge in [-0.1, -0.05) is 97.6 Å². The summed E-state index contributed by atoms with van der Waals surface area (Å²) in [4.78, 5) is 0. The standard InChI is InChI=1S/C25H24O2/c1-20-18-24(2,26-19-20)27-25(21-12-6-3-7-13-21,22-14-8-4-9-15-22)23-16-10-5-11-17-23/h3-17H,1,18-19H2,2H3. The smallest absolute Gasteiger partial charge is 0.171 e. The van der Waals surface area contributed by atoms with E-state index in [1.54, 1.807) is 0 Å². The van der Waals surface area contributed by atoms with E-state index in [0.717, 1.165) is 22.3 Å². The quantitative estimate of drug-likeness (QED) is 0.432. The summed E-state index contributed by atoms with van der Waals surface area (Å²) in [6.07, 6.45) is 0.682. The fourth-order valence-corrected chi connectivity index (χ4v) is 3.90. The number of hydrogen-bond acceptors (Lipinski definition) is 2. The highest BCUT2D eigenvalue weighted by Crippen LogP contribution is 2.46. The zero-order valence-electron chi connectivity index (χ0n) is 15.6. The Morgan fingerprint density at radius 2 is 1.19 bits per heavy atom. The Morgan fingerprint density at radius 3 is 1.52 bits per heavy atom. The summed E-state index contributed by atoms with van der Waals surface area (Å²) in [5.41, 5.74) is 3.50. The molecule has 3 aromatic carbocycles. The number of ether oxygens (including phenoxy) is 2. The Balaban J connectivity index is 1.96. The van der Waals surface area contributed by atoms with Crippen molar-refractivity contribution in [2.45, 2.75) is 24.7 Å². The molecule has 1 aliphatic rings. The predicted octanol–water partition coefficient (Wildman–Crippen LogP) is 5.69. The van der Waals surface area contributed by atoms with Crippen LogP contribution in [0.5, 0.6) is 0 Å². The van der Waals surface area contributed by atoms with Gasteiger partial charge in [0.05, 0.1) is 6.61 Å². The lowest BCUT2D eigenvalue weighted by Gasteiger charge is -2.41. The Kier molecular flexibility index (Phi) is 4.69. The second-order valence-corrected chi connectivity index (χ2v) is 7.23. The van der Waals surface area contributed by atoms with Crippen molar-refractivity contribution in [1.29, 1.82) is 0 Å². The molecule has 0 bridgehead atoms. The van der Waals surface area contributed by atoms with Gasteiger partial charge in [0.25, 0.3) is 0 Å². The minimum Gasteiger partial charge on any atom is -0.345 e. The van der Waals surface area contributed by atoms with Crippen LogP contribution >= 0.6 is 0 Å². The zero-order chi connectivity index (χ0) is 18.7. The summed E-state index contributed by atoms with van der Waals surface area (Å²) >= 11 is 0. The van der Waals surface area contributed by atoms with E-state index < -0.39 is 11.4 Å². The Labute approximate surface area is 161 Å². The van der Waals surface area contributed by atoms with Crippen molar-refractivity contribution in [3.8, 4) is 0 Å². The molecule has 0 amide bonds. The van der Waals surface area contributed by atoms with Crippen LogP contribution in [0.1, 0.15) is 30.0 Å². The molecule has 0 saturated carbocycles. The molecule has 1 saturated heterocycles. The van der Waals surface area contributed by atoms with Gasteiger partial charge in [-0.2, -0.15) is 0 Å². The van der Waals surface area contributed by atoms with E-state index in [4.69, 9.17) is 9.47 Å². The molecule has 0 radical (unpaired) electrons.